The first kappa shape index (κ1) is 15.5. The average molecular weight is 285 g/mol. The maximum absolute atomic E-state index is 11.8. The zero-order valence-corrected chi connectivity index (χ0v) is 12.2. The van der Waals surface area contributed by atoms with E-state index in [1.807, 2.05) is 0 Å². The molecule has 0 saturated carbocycles. The molecule has 0 fully saturated rings. The van der Waals surface area contributed by atoms with Gasteiger partial charge in [-0.3, -0.25) is 4.79 Å². The molecule has 0 aliphatic rings. The SMILES string of the molecule is CC(Oc1ccc(C=O)cc1Cl)C(=O)OC(C)(C)C. The van der Waals surface area contributed by atoms with E-state index >= 15 is 0 Å². The van der Waals surface area contributed by atoms with Gasteiger partial charge in [-0.2, -0.15) is 0 Å². The van der Waals surface area contributed by atoms with E-state index in [-0.39, 0.29) is 5.02 Å². The van der Waals surface area contributed by atoms with Crippen LogP contribution < -0.4 is 4.74 Å². The molecule has 0 aromatic heterocycles. The van der Waals surface area contributed by atoms with Crippen LogP contribution in [-0.4, -0.2) is 24.0 Å². The van der Waals surface area contributed by atoms with Crippen LogP contribution in [0.1, 0.15) is 38.1 Å². The highest BCUT2D eigenvalue weighted by Crippen LogP contribution is 2.26. The zero-order valence-electron chi connectivity index (χ0n) is 11.4. The lowest BCUT2D eigenvalue weighted by atomic mass is 10.2. The summed E-state index contributed by atoms with van der Waals surface area (Å²) < 4.78 is 10.6. The third kappa shape index (κ3) is 4.91. The molecule has 0 amide bonds. The van der Waals surface area contributed by atoms with Crippen LogP contribution in [0.2, 0.25) is 5.02 Å². The first-order chi connectivity index (χ1) is 8.73. The number of esters is 1. The van der Waals surface area contributed by atoms with Gasteiger partial charge in [0.05, 0.1) is 5.02 Å². The minimum atomic E-state index is -0.779. The first-order valence-corrected chi connectivity index (χ1v) is 6.25. The lowest BCUT2D eigenvalue weighted by molar-refractivity contribution is -0.162. The minimum absolute atomic E-state index is 0.278. The molecule has 0 aliphatic heterocycles. The molecule has 0 heterocycles. The Bertz CT molecular complexity index is 477. The van der Waals surface area contributed by atoms with Crippen LogP contribution in [0.3, 0.4) is 0 Å². The smallest absolute Gasteiger partial charge is 0.347 e. The third-order valence-corrected chi connectivity index (χ3v) is 2.43. The Labute approximate surface area is 117 Å². The molecule has 0 radical (unpaired) electrons. The van der Waals surface area contributed by atoms with E-state index in [0.29, 0.717) is 17.6 Å². The summed E-state index contributed by atoms with van der Waals surface area (Å²) >= 11 is 5.95. The number of aldehydes is 1. The molecule has 1 aromatic rings. The van der Waals surface area contributed by atoms with Gasteiger partial charge in [0.25, 0.3) is 0 Å². The Hall–Kier alpha value is -1.55. The van der Waals surface area contributed by atoms with Crippen molar-refractivity contribution in [2.75, 3.05) is 0 Å². The molecule has 0 saturated heterocycles. The van der Waals surface area contributed by atoms with Crippen LogP contribution in [0.25, 0.3) is 0 Å². The Morgan fingerprint density at radius 1 is 1.37 bits per heavy atom. The Balaban J connectivity index is 2.74. The second-order valence-corrected chi connectivity index (χ2v) is 5.51. The van der Waals surface area contributed by atoms with Gasteiger partial charge in [-0.1, -0.05) is 11.6 Å². The van der Waals surface area contributed by atoms with E-state index in [0.717, 1.165) is 0 Å². The van der Waals surface area contributed by atoms with Crippen molar-refractivity contribution in [3.63, 3.8) is 0 Å². The van der Waals surface area contributed by atoms with Gasteiger partial charge in [0, 0.05) is 5.56 Å². The number of rotatable bonds is 4. The molecule has 5 heteroatoms. The maximum Gasteiger partial charge on any atom is 0.347 e. The van der Waals surface area contributed by atoms with Gasteiger partial charge >= 0.3 is 5.97 Å². The highest BCUT2D eigenvalue weighted by Gasteiger charge is 2.23. The third-order valence-electron chi connectivity index (χ3n) is 2.13. The van der Waals surface area contributed by atoms with Crippen molar-refractivity contribution < 1.29 is 19.1 Å². The lowest BCUT2D eigenvalue weighted by Crippen LogP contribution is -2.33. The van der Waals surface area contributed by atoms with Crippen molar-refractivity contribution in [3.05, 3.63) is 28.8 Å². The predicted octanol–water partition coefficient (Wildman–Crippen LogP) is 3.26. The van der Waals surface area contributed by atoms with Crippen molar-refractivity contribution in [3.8, 4) is 5.75 Å². The van der Waals surface area contributed by atoms with E-state index in [2.05, 4.69) is 0 Å². The van der Waals surface area contributed by atoms with E-state index in [9.17, 15) is 9.59 Å². The first-order valence-electron chi connectivity index (χ1n) is 5.87. The quantitative estimate of drug-likeness (QED) is 0.629. The van der Waals surface area contributed by atoms with Crippen LogP contribution in [0.5, 0.6) is 5.75 Å². The molecular weight excluding hydrogens is 268 g/mol. The largest absolute Gasteiger partial charge is 0.477 e. The fourth-order valence-corrected chi connectivity index (χ4v) is 1.54. The topological polar surface area (TPSA) is 52.6 Å². The second-order valence-electron chi connectivity index (χ2n) is 5.10. The number of carbonyl (C=O) groups excluding carboxylic acids is 2. The molecule has 104 valence electrons. The van der Waals surface area contributed by atoms with Gasteiger partial charge in [0.15, 0.2) is 6.10 Å². The zero-order chi connectivity index (χ0) is 14.6. The molecule has 0 aliphatic carbocycles. The summed E-state index contributed by atoms with van der Waals surface area (Å²) in [4.78, 5) is 22.3. The summed E-state index contributed by atoms with van der Waals surface area (Å²) in [5, 5.41) is 0.278. The van der Waals surface area contributed by atoms with E-state index in [1.54, 1.807) is 39.8 Å². The summed E-state index contributed by atoms with van der Waals surface area (Å²) in [5.41, 5.74) is -0.123. The molecule has 19 heavy (non-hydrogen) atoms. The van der Waals surface area contributed by atoms with Gasteiger partial charge < -0.3 is 9.47 Å². The van der Waals surface area contributed by atoms with Crippen LogP contribution in [0, 0.1) is 0 Å². The molecule has 1 unspecified atom stereocenters. The van der Waals surface area contributed by atoms with Gasteiger partial charge in [-0.15, -0.1) is 0 Å². The molecular formula is C14H17ClO4. The van der Waals surface area contributed by atoms with Crippen molar-refractivity contribution in [2.45, 2.75) is 39.4 Å². The highest BCUT2D eigenvalue weighted by atomic mass is 35.5. The van der Waals surface area contributed by atoms with Crippen LogP contribution in [0.15, 0.2) is 18.2 Å². The normalized spacial score (nSPS) is 12.7. The van der Waals surface area contributed by atoms with E-state index in [4.69, 9.17) is 21.1 Å². The summed E-state index contributed by atoms with van der Waals surface area (Å²) in [7, 11) is 0. The van der Waals surface area contributed by atoms with Crippen molar-refractivity contribution >= 4 is 23.9 Å². The van der Waals surface area contributed by atoms with Gasteiger partial charge in [0.1, 0.15) is 17.6 Å². The summed E-state index contributed by atoms with van der Waals surface area (Å²) in [6.45, 7) is 6.93. The molecule has 4 nitrogen and oxygen atoms in total. The molecule has 0 bridgehead atoms. The standard InChI is InChI=1S/C14H17ClO4/c1-9(13(17)19-14(2,3)4)18-12-6-5-10(8-16)7-11(12)15/h5-9H,1-4H3. The van der Waals surface area contributed by atoms with Crippen molar-refractivity contribution in [1.82, 2.24) is 0 Å². The fraction of sp³-hybridized carbons (Fsp3) is 0.429. The predicted molar refractivity (Wildman–Crippen MR) is 72.8 cm³/mol. The molecule has 0 N–H and O–H groups in total. The molecule has 1 aromatic carbocycles. The number of benzene rings is 1. The molecule has 1 atom stereocenters. The minimum Gasteiger partial charge on any atom is -0.477 e. The van der Waals surface area contributed by atoms with Crippen LogP contribution in [-0.2, 0) is 9.53 Å². The summed E-state index contributed by atoms with van der Waals surface area (Å²) in [6, 6.07) is 4.59. The summed E-state index contributed by atoms with van der Waals surface area (Å²) in [5.74, 6) is -0.131. The Kier molecular flexibility index (Phi) is 4.95. The number of hydrogen-bond acceptors (Lipinski definition) is 4. The maximum atomic E-state index is 11.8. The highest BCUT2D eigenvalue weighted by molar-refractivity contribution is 6.32. The van der Waals surface area contributed by atoms with E-state index in [1.165, 1.54) is 6.07 Å². The number of carbonyl (C=O) groups is 2. The van der Waals surface area contributed by atoms with E-state index < -0.39 is 17.7 Å². The summed E-state index contributed by atoms with van der Waals surface area (Å²) in [6.07, 6.45) is -0.0914. The molecule has 1 rings (SSSR count). The Morgan fingerprint density at radius 2 is 2.00 bits per heavy atom. The fourth-order valence-electron chi connectivity index (χ4n) is 1.31. The van der Waals surface area contributed by atoms with Crippen molar-refractivity contribution in [2.24, 2.45) is 0 Å². The lowest BCUT2D eigenvalue weighted by Gasteiger charge is -2.22. The number of hydrogen-bond donors (Lipinski definition) is 0. The van der Waals surface area contributed by atoms with Gasteiger partial charge in [-0.25, -0.2) is 4.79 Å². The second kappa shape index (κ2) is 6.06. The Morgan fingerprint density at radius 3 is 2.47 bits per heavy atom. The van der Waals surface area contributed by atoms with Gasteiger partial charge in [-0.05, 0) is 45.9 Å². The monoisotopic (exact) mass is 284 g/mol. The van der Waals surface area contributed by atoms with Crippen molar-refractivity contribution in [1.29, 1.82) is 0 Å². The number of halogens is 1. The van der Waals surface area contributed by atoms with Crippen LogP contribution in [0.4, 0.5) is 0 Å². The number of ether oxygens (including phenoxy) is 2. The molecule has 0 spiro atoms. The van der Waals surface area contributed by atoms with Crippen LogP contribution >= 0.6 is 11.6 Å². The average Bonchev–Trinajstić information content (AvgIpc) is 2.29. The van der Waals surface area contributed by atoms with Gasteiger partial charge in [0.2, 0.25) is 0 Å².